The van der Waals surface area contributed by atoms with Crippen LogP contribution in [-0.2, 0) is 30.4 Å². The number of hydrogen-bond acceptors (Lipinski definition) is 5. The largest absolute Gasteiger partial charge is 0.418 e. The molecule has 0 saturated carbocycles. The van der Waals surface area contributed by atoms with Crippen molar-refractivity contribution in [3.05, 3.63) is 63.3 Å². The van der Waals surface area contributed by atoms with Gasteiger partial charge in [0.05, 0.1) is 21.9 Å². The zero-order valence-corrected chi connectivity index (χ0v) is 19.5. The number of carbonyl (C=O) groups is 1. The van der Waals surface area contributed by atoms with Crippen LogP contribution in [0.5, 0.6) is 0 Å². The Morgan fingerprint density at radius 3 is 2.79 bits per heavy atom. The maximum Gasteiger partial charge on any atom is 0.418 e. The molecule has 1 aromatic carbocycles. The number of anilines is 1. The average Bonchev–Trinajstić information content (AvgIpc) is 3.14. The van der Waals surface area contributed by atoms with E-state index >= 15 is 0 Å². The maximum atomic E-state index is 13.3. The summed E-state index contributed by atoms with van der Waals surface area (Å²) in [6, 6.07) is 4.83. The molecule has 5 nitrogen and oxygen atoms in total. The number of benzene rings is 1. The summed E-state index contributed by atoms with van der Waals surface area (Å²) in [5.41, 5.74) is -0.317. The highest BCUT2D eigenvalue weighted by Gasteiger charge is 2.34. The Kier molecular flexibility index (Phi) is 6.67. The quantitative estimate of drug-likeness (QED) is 0.273. The van der Waals surface area contributed by atoms with Crippen molar-refractivity contribution in [1.82, 2.24) is 9.55 Å². The van der Waals surface area contributed by atoms with Gasteiger partial charge in [0, 0.05) is 11.4 Å². The van der Waals surface area contributed by atoms with Gasteiger partial charge in [0.15, 0.2) is 5.16 Å². The van der Waals surface area contributed by atoms with Crippen LogP contribution in [0.4, 0.5) is 18.9 Å². The van der Waals surface area contributed by atoms with Gasteiger partial charge in [-0.1, -0.05) is 30.0 Å². The second-order valence-corrected chi connectivity index (χ2v) is 10.2. The van der Waals surface area contributed by atoms with Crippen molar-refractivity contribution in [2.75, 3.05) is 5.32 Å². The monoisotopic (exact) mass is 493 g/mol. The molecule has 1 aliphatic carbocycles. The fourth-order valence-electron chi connectivity index (χ4n) is 3.89. The Hall–Kier alpha value is -2.59. The Morgan fingerprint density at radius 1 is 1.33 bits per heavy atom. The molecular weight excluding hydrogens is 471 g/mol. The number of alkyl halides is 3. The van der Waals surface area contributed by atoms with E-state index < -0.39 is 22.9 Å². The number of aromatic nitrogens is 2. The van der Waals surface area contributed by atoms with E-state index in [-0.39, 0.29) is 17.8 Å². The Labute approximate surface area is 196 Å². The topological polar surface area (TPSA) is 64.0 Å². The van der Waals surface area contributed by atoms with E-state index in [0.717, 1.165) is 49.1 Å². The standard InChI is InChI=1S/C23H22F3N3O2S2/c1-3-12-29-21(31)18-14-8-4-7-11-17(14)33-20(18)28-22(29)32-13(2)19(30)27-16-10-6-5-9-15(16)23(24,25)26/h3,5-6,9-10,13H,1,4,7-8,11-12H2,2H3,(H,27,30). The second kappa shape index (κ2) is 9.34. The lowest BCUT2D eigenvalue weighted by Crippen LogP contribution is -2.27. The predicted octanol–water partition coefficient (Wildman–Crippen LogP) is 5.66. The number of nitrogens with one attached hydrogen (secondary N) is 1. The number of para-hydroxylation sites is 1. The molecule has 0 aliphatic heterocycles. The zero-order chi connectivity index (χ0) is 23.8. The van der Waals surface area contributed by atoms with Crippen molar-refractivity contribution in [1.29, 1.82) is 0 Å². The number of amides is 1. The van der Waals surface area contributed by atoms with Crippen LogP contribution < -0.4 is 10.9 Å². The minimum atomic E-state index is -4.59. The zero-order valence-electron chi connectivity index (χ0n) is 17.9. The van der Waals surface area contributed by atoms with Crippen LogP contribution >= 0.6 is 23.1 Å². The summed E-state index contributed by atoms with van der Waals surface area (Å²) >= 11 is 2.55. The van der Waals surface area contributed by atoms with Gasteiger partial charge in [-0.3, -0.25) is 14.2 Å². The van der Waals surface area contributed by atoms with Crippen molar-refractivity contribution < 1.29 is 18.0 Å². The molecule has 0 bridgehead atoms. The predicted molar refractivity (Wildman–Crippen MR) is 126 cm³/mol. The summed E-state index contributed by atoms with van der Waals surface area (Å²) in [5, 5.41) is 2.56. The van der Waals surface area contributed by atoms with Gasteiger partial charge in [0.25, 0.3) is 5.56 Å². The lowest BCUT2D eigenvalue weighted by atomic mass is 9.97. The van der Waals surface area contributed by atoms with Crippen LogP contribution in [0.3, 0.4) is 0 Å². The fraction of sp³-hybridized carbons (Fsp3) is 0.348. The molecule has 1 aliphatic rings. The van der Waals surface area contributed by atoms with Gasteiger partial charge in [-0.05, 0) is 50.3 Å². The summed E-state index contributed by atoms with van der Waals surface area (Å²) in [6.07, 6.45) is 0.894. The number of rotatable bonds is 6. The molecule has 1 N–H and O–H groups in total. The average molecular weight is 494 g/mol. The number of halogens is 3. The molecular formula is C23H22F3N3O2S2. The number of aryl methyl sites for hydroxylation is 2. The van der Waals surface area contributed by atoms with Crippen LogP contribution in [0.2, 0.25) is 0 Å². The van der Waals surface area contributed by atoms with Crippen molar-refractivity contribution >= 4 is 44.9 Å². The molecule has 1 amide bonds. The third-order valence-corrected chi connectivity index (χ3v) is 7.77. The molecule has 2 heterocycles. The van der Waals surface area contributed by atoms with Crippen molar-refractivity contribution in [2.45, 2.75) is 55.7 Å². The molecule has 1 atom stereocenters. The van der Waals surface area contributed by atoms with Gasteiger partial charge in [-0.2, -0.15) is 13.2 Å². The van der Waals surface area contributed by atoms with E-state index in [0.29, 0.717) is 15.4 Å². The minimum Gasteiger partial charge on any atom is -0.325 e. The normalized spacial score (nSPS) is 14.7. The van der Waals surface area contributed by atoms with E-state index in [9.17, 15) is 22.8 Å². The molecule has 2 aromatic heterocycles. The molecule has 174 valence electrons. The number of thiophene rings is 1. The minimum absolute atomic E-state index is 0.170. The van der Waals surface area contributed by atoms with Crippen LogP contribution in [0.1, 0.15) is 35.8 Å². The molecule has 10 heteroatoms. The number of nitrogens with zero attached hydrogens (tertiary/aromatic N) is 2. The molecule has 0 saturated heterocycles. The summed E-state index contributed by atoms with van der Waals surface area (Å²) in [4.78, 5) is 32.6. The van der Waals surface area contributed by atoms with Gasteiger partial charge in [0.2, 0.25) is 5.91 Å². The molecule has 3 aromatic rings. The van der Waals surface area contributed by atoms with Crippen molar-refractivity contribution in [2.24, 2.45) is 0 Å². The molecule has 1 unspecified atom stereocenters. The SMILES string of the molecule is C=CCn1c(SC(C)C(=O)Nc2ccccc2C(F)(F)F)nc2sc3c(c2c1=O)CCCC3. The number of allylic oxidation sites excluding steroid dienone is 1. The van der Waals surface area contributed by atoms with Crippen LogP contribution in [0.15, 0.2) is 46.9 Å². The number of fused-ring (bicyclic) bond motifs is 3. The van der Waals surface area contributed by atoms with E-state index in [4.69, 9.17) is 0 Å². The molecule has 4 rings (SSSR count). The highest BCUT2D eigenvalue weighted by atomic mass is 32.2. The maximum absolute atomic E-state index is 13.3. The summed E-state index contributed by atoms with van der Waals surface area (Å²) in [6.45, 7) is 5.51. The number of thioether (sulfide) groups is 1. The van der Waals surface area contributed by atoms with Gasteiger partial charge in [-0.25, -0.2) is 4.98 Å². The highest BCUT2D eigenvalue weighted by Crippen LogP contribution is 2.36. The molecule has 0 radical (unpaired) electrons. The molecule has 33 heavy (non-hydrogen) atoms. The lowest BCUT2D eigenvalue weighted by molar-refractivity contribution is -0.137. The first kappa shape index (κ1) is 23.6. The van der Waals surface area contributed by atoms with Crippen LogP contribution in [-0.4, -0.2) is 20.7 Å². The third-order valence-electron chi connectivity index (χ3n) is 5.49. The third kappa shape index (κ3) is 4.72. The van der Waals surface area contributed by atoms with E-state index in [1.807, 2.05) is 0 Å². The summed E-state index contributed by atoms with van der Waals surface area (Å²) < 4.78 is 41.3. The Balaban J connectivity index is 1.64. The van der Waals surface area contributed by atoms with Gasteiger partial charge < -0.3 is 5.32 Å². The Bertz CT molecular complexity index is 1280. The number of carbonyl (C=O) groups excluding carboxylic acids is 1. The van der Waals surface area contributed by atoms with Gasteiger partial charge >= 0.3 is 6.18 Å². The summed E-state index contributed by atoms with van der Waals surface area (Å²) in [7, 11) is 0. The lowest BCUT2D eigenvalue weighted by Gasteiger charge is -2.17. The number of hydrogen-bond donors (Lipinski definition) is 1. The first-order valence-electron chi connectivity index (χ1n) is 10.5. The summed E-state index contributed by atoms with van der Waals surface area (Å²) in [5.74, 6) is -0.610. The van der Waals surface area contributed by atoms with E-state index in [2.05, 4.69) is 16.9 Å². The molecule has 0 spiro atoms. The second-order valence-electron chi connectivity index (χ2n) is 7.78. The first-order valence-corrected chi connectivity index (χ1v) is 12.2. The fourth-order valence-corrected chi connectivity index (χ4v) is 6.11. The van der Waals surface area contributed by atoms with Crippen LogP contribution in [0, 0.1) is 0 Å². The highest BCUT2D eigenvalue weighted by molar-refractivity contribution is 8.00. The Morgan fingerprint density at radius 2 is 2.06 bits per heavy atom. The van der Waals surface area contributed by atoms with Gasteiger partial charge in [0.1, 0.15) is 4.83 Å². The molecule has 0 fully saturated rings. The van der Waals surface area contributed by atoms with Crippen LogP contribution in [0.25, 0.3) is 10.2 Å². The smallest absolute Gasteiger partial charge is 0.325 e. The van der Waals surface area contributed by atoms with E-state index in [1.165, 1.54) is 39.0 Å². The van der Waals surface area contributed by atoms with E-state index in [1.54, 1.807) is 13.0 Å². The first-order chi connectivity index (χ1) is 15.7. The van der Waals surface area contributed by atoms with Crippen molar-refractivity contribution in [3.8, 4) is 0 Å². The van der Waals surface area contributed by atoms with Gasteiger partial charge in [-0.15, -0.1) is 17.9 Å². The van der Waals surface area contributed by atoms with Crippen molar-refractivity contribution in [3.63, 3.8) is 0 Å².